The van der Waals surface area contributed by atoms with E-state index >= 15 is 0 Å². The van der Waals surface area contributed by atoms with Crippen molar-refractivity contribution < 1.29 is 0 Å². The lowest BCUT2D eigenvalue weighted by atomic mass is 9.84. The minimum absolute atomic E-state index is 0.562. The van der Waals surface area contributed by atoms with E-state index in [2.05, 4.69) is 25.7 Å². The maximum Gasteiger partial charge on any atom is 0.0124 e. The summed E-state index contributed by atoms with van der Waals surface area (Å²) in [6, 6.07) is 0.932. The molecule has 2 fully saturated rings. The van der Waals surface area contributed by atoms with Gasteiger partial charge in [-0.25, -0.2) is 0 Å². The zero-order valence-corrected chi connectivity index (χ0v) is 10.1. The van der Waals surface area contributed by atoms with Crippen molar-refractivity contribution in [3.63, 3.8) is 0 Å². The standard InChI is InChI=1S/C13H25N/c1-4-11-7-8-13(2,3)10-14-9-5-6-12(11)14/h11-12H,4-10H2,1-3H3. The average Bonchev–Trinajstić information content (AvgIpc) is 2.49. The van der Waals surface area contributed by atoms with E-state index < -0.39 is 0 Å². The number of hydrogen-bond acceptors (Lipinski definition) is 1. The summed E-state index contributed by atoms with van der Waals surface area (Å²) in [4.78, 5) is 2.78. The highest BCUT2D eigenvalue weighted by atomic mass is 15.2. The summed E-state index contributed by atoms with van der Waals surface area (Å²) < 4.78 is 0. The van der Waals surface area contributed by atoms with Gasteiger partial charge in [-0.1, -0.05) is 27.2 Å². The Labute approximate surface area is 88.9 Å². The second-order valence-electron chi connectivity index (χ2n) is 6.05. The Bertz CT molecular complexity index is 197. The van der Waals surface area contributed by atoms with E-state index in [9.17, 15) is 0 Å². The maximum absolute atomic E-state index is 2.78. The lowest BCUT2D eigenvalue weighted by Crippen LogP contribution is -2.37. The lowest BCUT2D eigenvalue weighted by Gasteiger charge is -2.31. The van der Waals surface area contributed by atoms with Crippen LogP contribution in [-0.2, 0) is 0 Å². The molecule has 2 aliphatic heterocycles. The van der Waals surface area contributed by atoms with Gasteiger partial charge in [0.1, 0.15) is 0 Å². The lowest BCUT2D eigenvalue weighted by molar-refractivity contribution is 0.165. The van der Waals surface area contributed by atoms with Crippen molar-refractivity contribution in [3.8, 4) is 0 Å². The fourth-order valence-corrected chi connectivity index (χ4v) is 3.46. The highest BCUT2D eigenvalue weighted by Crippen LogP contribution is 2.38. The predicted molar refractivity (Wildman–Crippen MR) is 61.4 cm³/mol. The molecule has 1 heteroatoms. The molecular weight excluding hydrogens is 170 g/mol. The van der Waals surface area contributed by atoms with Crippen molar-refractivity contribution in [1.82, 2.24) is 4.90 Å². The van der Waals surface area contributed by atoms with E-state index in [0.29, 0.717) is 5.41 Å². The third-order valence-corrected chi connectivity index (χ3v) is 4.31. The molecular formula is C13H25N. The highest BCUT2D eigenvalue weighted by Gasteiger charge is 2.37. The molecule has 0 amide bonds. The quantitative estimate of drug-likeness (QED) is 0.620. The van der Waals surface area contributed by atoms with E-state index in [1.165, 1.54) is 45.2 Å². The molecule has 0 aromatic heterocycles. The van der Waals surface area contributed by atoms with Crippen molar-refractivity contribution in [1.29, 1.82) is 0 Å². The normalized spacial score (nSPS) is 37.9. The van der Waals surface area contributed by atoms with E-state index in [0.717, 1.165) is 12.0 Å². The van der Waals surface area contributed by atoms with Crippen molar-refractivity contribution in [2.45, 2.75) is 58.9 Å². The molecule has 0 radical (unpaired) electrons. The minimum Gasteiger partial charge on any atom is -0.300 e. The first-order valence-corrected chi connectivity index (χ1v) is 6.36. The molecule has 0 bridgehead atoms. The van der Waals surface area contributed by atoms with Crippen LogP contribution in [0.25, 0.3) is 0 Å². The number of fused-ring (bicyclic) bond motifs is 1. The Morgan fingerprint density at radius 2 is 2.07 bits per heavy atom. The average molecular weight is 195 g/mol. The molecule has 0 N–H and O–H groups in total. The number of nitrogens with zero attached hydrogens (tertiary/aromatic N) is 1. The van der Waals surface area contributed by atoms with Gasteiger partial charge in [-0.05, 0) is 43.6 Å². The van der Waals surface area contributed by atoms with Crippen molar-refractivity contribution in [2.75, 3.05) is 13.1 Å². The Balaban J connectivity index is 2.11. The first-order valence-electron chi connectivity index (χ1n) is 6.36. The summed E-state index contributed by atoms with van der Waals surface area (Å²) in [7, 11) is 0. The molecule has 0 aromatic rings. The molecule has 2 aliphatic rings. The zero-order valence-electron chi connectivity index (χ0n) is 10.1. The van der Waals surface area contributed by atoms with Gasteiger partial charge < -0.3 is 0 Å². The van der Waals surface area contributed by atoms with Crippen LogP contribution in [-0.4, -0.2) is 24.0 Å². The summed E-state index contributed by atoms with van der Waals surface area (Å²) >= 11 is 0. The largest absolute Gasteiger partial charge is 0.300 e. The van der Waals surface area contributed by atoms with Crippen LogP contribution < -0.4 is 0 Å². The van der Waals surface area contributed by atoms with Gasteiger partial charge in [0, 0.05) is 12.6 Å². The summed E-state index contributed by atoms with van der Waals surface area (Å²) in [5, 5.41) is 0. The second-order valence-corrected chi connectivity index (χ2v) is 6.05. The van der Waals surface area contributed by atoms with Gasteiger partial charge >= 0.3 is 0 Å². The van der Waals surface area contributed by atoms with Gasteiger partial charge in [-0.3, -0.25) is 4.90 Å². The van der Waals surface area contributed by atoms with Crippen LogP contribution in [0.4, 0.5) is 0 Å². The Morgan fingerprint density at radius 3 is 2.79 bits per heavy atom. The molecule has 2 heterocycles. The van der Waals surface area contributed by atoms with Crippen LogP contribution in [0.2, 0.25) is 0 Å². The summed E-state index contributed by atoms with van der Waals surface area (Å²) in [5.41, 5.74) is 0.562. The van der Waals surface area contributed by atoms with Crippen molar-refractivity contribution in [2.24, 2.45) is 11.3 Å². The molecule has 0 spiro atoms. The fraction of sp³-hybridized carbons (Fsp3) is 1.00. The van der Waals surface area contributed by atoms with E-state index in [-0.39, 0.29) is 0 Å². The zero-order chi connectivity index (χ0) is 10.2. The first kappa shape index (κ1) is 10.5. The molecule has 14 heavy (non-hydrogen) atoms. The van der Waals surface area contributed by atoms with Crippen LogP contribution in [0, 0.1) is 11.3 Å². The van der Waals surface area contributed by atoms with E-state index in [4.69, 9.17) is 0 Å². The van der Waals surface area contributed by atoms with Crippen LogP contribution in [0.1, 0.15) is 52.9 Å². The number of hydrogen-bond donors (Lipinski definition) is 0. The molecule has 0 saturated carbocycles. The van der Waals surface area contributed by atoms with Crippen molar-refractivity contribution >= 4 is 0 Å². The molecule has 2 unspecified atom stereocenters. The Morgan fingerprint density at radius 1 is 1.29 bits per heavy atom. The van der Waals surface area contributed by atoms with Gasteiger partial charge in [-0.2, -0.15) is 0 Å². The third kappa shape index (κ3) is 1.98. The molecule has 82 valence electrons. The highest BCUT2D eigenvalue weighted by molar-refractivity contribution is 4.91. The molecule has 0 aromatic carbocycles. The van der Waals surface area contributed by atoms with E-state index in [1.54, 1.807) is 0 Å². The maximum atomic E-state index is 2.78. The minimum atomic E-state index is 0.562. The fourth-order valence-electron chi connectivity index (χ4n) is 3.46. The summed E-state index contributed by atoms with van der Waals surface area (Å²) in [6.07, 6.45) is 7.19. The van der Waals surface area contributed by atoms with Gasteiger partial charge in [0.2, 0.25) is 0 Å². The second kappa shape index (κ2) is 3.84. The Hall–Kier alpha value is -0.0400. The monoisotopic (exact) mass is 195 g/mol. The first-order chi connectivity index (χ1) is 6.62. The SMILES string of the molecule is CCC1CCC(C)(C)CN2CCCC12. The van der Waals surface area contributed by atoms with Crippen molar-refractivity contribution in [3.05, 3.63) is 0 Å². The predicted octanol–water partition coefficient (Wildman–Crippen LogP) is 3.30. The van der Waals surface area contributed by atoms with Crippen LogP contribution in [0.5, 0.6) is 0 Å². The summed E-state index contributed by atoms with van der Waals surface area (Å²) in [5.74, 6) is 0.985. The third-order valence-electron chi connectivity index (χ3n) is 4.31. The summed E-state index contributed by atoms with van der Waals surface area (Å²) in [6.45, 7) is 9.97. The molecule has 2 atom stereocenters. The Kier molecular flexibility index (Phi) is 2.88. The van der Waals surface area contributed by atoms with Gasteiger partial charge in [-0.15, -0.1) is 0 Å². The van der Waals surface area contributed by atoms with E-state index in [1.807, 2.05) is 0 Å². The topological polar surface area (TPSA) is 3.24 Å². The van der Waals surface area contributed by atoms with Crippen LogP contribution >= 0.6 is 0 Å². The smallest absolute Gasteiger partial charge is 0.0124 e. The molecule has 0 aliphatic carbocycles. The molecule has 2 rings (SSSR count). The van der Waals surface area contributed by atoms with Crippen LogP contribution in [0.15, 0.2) is 0 Å². The molecule has 2 saturated heterocycles. The van der Waals surface area contributed by atoms with Crippen LogP contribution in [0.3, 0.4) is 0 Å². The number of rotatable bonds is 1. The van der Waals surface area contributed by atoms with Gasteiger partial charge in [0.05, 0.1) is 0 Å². The molecule has 1 nitrogen and oxygen atoms in total. The van der Waals surface area contributed by atoms with Gasteiger partial charge in [0.15, 0.2) is 0 Å². The van der Waals surface area contributed by atoms with Gasteiger partial charge in [0.25, 0.3) is 0 Å².